The minimum Gasteiger partial charge on any atom is -0.246 e. The lowest BCUT2D eigenvalue weighted by molar-refractivity contribution is 1.20. The van der Waals surface area contributed by atoms with E-state index >= 15 is 0 Å². The summed E-state index contributed by atoms with van der Waals surface area (Å²) in [4.78, 5) is 0. The van der Waals surface area contributed by atoms with Crippen LogP contribution in [-0.2, 0) is 0 Å². The summed E-state index contributed by atoms with van der Waals surface area (Å²) in [5.41, 5.74) is 2.23. The van der Waals surface area contributed by atoms with Crippen LogP contribution in [0.25, 0.3) is 21.8 Å². The lowest BCUT2D eigenvalue weighted by Gasteiger charge is -1.94. The molecule has 2 aromatic carbocycles. The third kappa shape index (κ3) is 1.20. The van der Waals surface area contributed by atoms with Crippen LogP contribution >= 0.6 is 0 Å². The van der Waals surface area contributed by atoms with Crippen molar-refractivity contribution in [3.05, 3.63) is 48.0 Å². The molecule has 0 radical (unpaired) electrons. The van der Waals surface area contributed by atoms with Gasteiger partial charge in [0, 0.05) is 10.8 Å². The Bertz CT molecular complexity index is 813. The molecule has 78 valence electrons. The SMILES string of the molecule is N#Cc1ccc2c3ccccc3n(C#N)c2c1. The molecule has 0 amide bonds. The highest BCUT2D eigenvalue weighted by Gasteiger charge is 2.09. The van der Waals surface area contributed by atoms with Gasteiger partial charge in [-0.3, -0.25) is 0 Å². The second-order valence-corrected chi connectivity index (χ2v) is 3.80. The molecule has 3 heteroatoms. The van der Waals surface area contributed by atoms with E-state index in [-0.39, 0.29) is 0 Å². The van der Waals surface area contributed by atoms with E-state index in [9.17, 15) is 5.26 Å². The van der Waals surface area contributed by atoms with Gasteiger partial charge >= 0.3 is 0 Å². The summed E-state index contributed by atoms with van der Waals surface area (Å²) in [5, 5.41) is 20.1. The molecule has 0 bridgehead atoms. The van der Waals surface area contributed by atoms with Crippen LogP contribution in [-0.4, -0.2) is 4.57 Å². The summed E-state index contributed by atoms with van der Waals surface area (Å²) in [7, 11) is 0. The van der Waals surface area contributed by atoms with E-state index in [0.29, 0.717) is 5.56 Å². The van der Waals surface area contributed by atoms with E-state index in [1.165, 1.54) is 0 Å². The number of benzene rings is 2. The van der Waals surface area contributed by atoms with Gasteiger partial charge in [-0.15, -0.1) is 0 Å². The zero-order valence-electron chi connectivity index (χ0n) is 8.88. The topological polar surface area (TPSA) is 52.5 Å². The maximum Gasteiger partial charge on any atom is 0.189 e. The molecule has 0 aliphatic heterocycles. The van der Waals surface area contributed by atoms with Crippen LogP contribution in [0.15, 0.2) is 42.5 Å². The average molecular weight is 217 g/mol. The highest BCUT2D eigenvalue weighted by molar-refractivity contribution is 6.08. The Balaban J connectivity index is 2.61. The minimum atomic E-state index is 0.566. The lowest BCUT2D eigenvalue weighted by atomic mass is 10.1. The molecule has 1 heterocycles. The van der Waals surface area contributed by atoms with Crippen LogP contribution in [0.5, 0.6) is 0 Å². The standard InChI is InChI=1S/C14H7N3/c15-8-10-5-6-12-11-3-1-2-4-13(11)17(9-16)14(12)7-10/h1-7H. The van der Waals surface area contributed by atoms with Gasteiger partial charge in [0.15, 0.2) is 6.19 Å². The van der Waals surface area contributed by atoms with Crippen LogP contribution in [0.1, 0.15) is 5.56 Å². The molecule has 3 rings (SSSR count). The highest BCUT2D eigenvalue weighted by atomic mass is 15.0. The smallest absolute Gasteiger partial charge is 0.189 e. The van der Waals surface area contributed by atoms with Crippen LogP contribution in [0.2, 0.25) is 0 Å². The van der Waals surface area contributed by atoms with Crippen molar-refractivity contribution in [1.82, 2.24) is 4.57 Å². The number of aromatic nitrogens is 1. The molecule has 0 N–H and O–H groups in total. The Morgan fingerprint density at radius 3 is 2.41 bits per heavy atom. The van der Waals surface area contributed by atoms with Gasteiger partial charge in [-0.2, -0.15) is 10.5 Å². The maximum absolute atomic E-state index is 9.22. The summed E-state index contributed by atoms with van der Waals surface area (Å²) in [6.45, 7) is 0. The minimum absolute atomic E-state index is 0.566. The third-order valence-electron chi connectivity index (χ3n) is 2.90. The van der Waals surface area contributed by atoms with Gasteiger partial charge in [0.25, 0.3) is 0 Å². The fraction of sp³-hybridized carbons (Fsp3) is 0. The molecule has 0 atom stereocenters. The molecule has 0 saturated carbocycles. The Morgan fingerprint density at radius 1 is 0.882 bits per heavy atom. The fourth-order valence-electron chi connectivity index (χ4n) is 2.15. The zero-order chi connectivity index (χ0) is 11.8. The Labute approximate surface area is 97.7 Å². The van der Waals surface area contributed by atoms with Gasteiger partial charge in [-0.25, -0.2) is 4.57 Å². The third-order valence-corrected chi connectivity index (χ3v) is 2.90. The first kappa shape index (κ1) is 9.45. The molecular formula is C14H7N3. The van der Waals surface area contributed by atoms with Crippen molar-refractivity contribution in [3.8, 4) is 12.3 Å². The van der Waals surface area contributed by atoms with Gasteiger partial charge in [0.2, 0.25) is 0 Å². The molecule has 0 fully saturated rings. The number of para-hydroxylation sites is 1. The predicted octanol–water partition coefficient (Wildman–Crippen LogP) is 3.00. The molecule has 0 saturated heterocycles. The second kappa shape index (κ2) is 3.37. The van der Waals surface area contributed by atoms with Crippen molar-refractivity contribution in [1.29, 1.82) is 10.5 Å². The normalized spacial score (nSPS) is 10.2. The van der Waals surface area contributed by atoms with E-state index in [2.05, 4.69) is 12.3 Å². The number of nitriles is 2. The van der Waals surface area contributed by atoms with Crippen molar-refractivity contribution < 1.29 is 0 Å². The van der Waals surface area contributed by atoms with E-state index in [1.807, 2.05) is 30.3 Å². The predicted molar refractivity (Wildman–Crippen MR) is 65.2 cm³/mol. The van der Waals surface area contributed by atoms with Crippen molar-refractivity contribution in [2.24, 2.45) is 0 Å². The first-order valence-corrected chi connectivity index (χ1v) is 5.18. The summed E-state index contributed by atoms with van der Waals surface area (Å²) in [6, 6.07) is 15.2. The summed E-state index contributed by atoms with van der Waals surface area (Å²) >= 11 is 0. The van der Waals surface area contributed by atoms with E-state index in [1.54, 1.807) is 16.7 Å². The van der Waals surface area contributed by atoms with Crippen molar-refractivity contribution >= 4 is 21.8 Å². The van der Waals surface area contributed by atoms with Gasteiger partial charge in [-0.1, -0.05) is 24.3 Å². The number of hydrogen-bond donors (Lipinski definition) is 0. The summed E-state index contributed by atoms with van der Waals surface area (Å²) in [5.74, 6) is 0. The molecule has 0 spiro atoms. The monoisotopic (exact) mass is 217 g/mol. The van der Waals surface area contributed by atoms with Gasteiger partial charge in [-0.05, 0) is 18.2 Å². The van der Waals surface area contributed by atoms with Crippen molar-refractivity contribution in [2.45, 2.75) is 0 Å². The van der Waals surface area contributed by atoms with Crippen molar-refractivity contribution in [3.63, 3.8) is 0 Å². The fourth-order valence-corrected chi connectivity index (χ4v) is 2.15. The van der Waals surface area contributed by atoms with Crippen LogP contribution in [0.3, 0.4) is 0 Å². The van der Waals surface area contributed by atoms with Crippen LogP contribution < -0.4 is 0 Å². The lowest BCUT2D eigenvalue weighted by Crippen LogP contribution is -1.86. The summed E-state index contributed by atoms with van der Waals surface area (Å²) < 4.78 is 1.56. The molecule has 0 aliphatic carbocycles. The van der Waals surface area contributed by atoms with Crippen molar-refractivity contribution in [2.75, 3.05) is 0 Å². The number of hydrogen-bond acceptors (Lipinski definition) is 2. The molecule has 3 nitrogen and oxygen atoms in total. The molecule has 3 aromatic rings. The zero-order valence-corrected chi connectivity index (χ0v) is 8.88. The molecule has 0 aliphatic rings. The molecule has 0 unspecified atom stereocenters. The number of fused-ring (bicyclic) bond motifs is 3. The van der Waals surface area contributed by atoms with Gasteiger partial charge < -0.3 is 0 Å². The van der Waals surface area contributed by atoms with E-state index < -0.39 is 0 Å². The van der Waals surface area contributed by atoms with E-state index in [0.717, 1.165) is 21.8 Å². The van der Waals surface area contributed by atoms with Crippen LogP contribution in [0, 0.1) is 22.8 Å². The first-order chi connectivity index (χ1) is 8.35. The second-order valence-electron chi connectivity index (χ2n) is 3.80. The Hall–Kier alpha value is -2.78. The molecular weight excluding hydrogens is 210 g/mol. The van der Waals surface area contributed by atoms with Crippen LogP contribution in [0.4, 0.5) is 0 Å². The Morgan fingerprint density at radius 2 is 1.65 bits per heavy atom. The highest BCUT2D eigenvalue weighted by Crippen LogP contribution is 2.28. The quantitative estimate of drug-likeness (QED) is 0.581. The van der Waals surface area contributed by atoms with Gasteiger partial charge in [0.1, 0.15) is 0 Å². The average Bonchev–Trinajstić information content (AvgIpc) is 2.71. The Kier molecular flexibility index (Phi) is 1.87. The summed E-state index contributed by atoms with van der Waals surface area (Å²) in [6.07, 6.45) is 2.15. The molecule has 17 heavy (non-hydrogen) atoms. The largest absolute Gasteiger partial charge is 0.246 e. The number of rotatable bonds is 0. The molecule has 1 aromatic heterocycles. The maximum atomic E-state index is 9.22. The first-order valence-electron chi connectivity index (χ1n) is 5.18. The van der Waals surface area contributed by atoms with Gasteiger partial charge in [0.05, 0.1) is 22.7 Å². The number of nitrogens with zero attached hydrogens (tertiary/aromatic N) is 3. The van der Waals surface area contributed by atoms with E-state index in [4.69, 9.17) is 5.26 Å².